The maximum absolute atomic E-state index is 6.06. The molecule has 1 atom stereocenters. The molecule has 1 aromatic carbocycles. The maximum Gasteiger partial charge on any atom is 0.0946 e. The van der Waals surface area contributed by atoms with Gasteiger partial charge in [-0.05, 0) is 43.0 Å². The predicted octanol–water partition coefficient (Wildman–Crippen LogP) is 3.45. The number of imidazole rings is 1. The highest BCUT2D eigenvalue weighted by atomic mass is 35.5. The standard InChI is InChI=1S/C16H20ClN3/c17-16-5-1-3-14(9-16)10-19-7-2-4-15(11-19)12-20-8-6-18-13-20/h1,3,5-6,8-9,13,15H,2,4,7,10-12H2/t15-/m1/s1. The lowest BCUT2D eigenvalue weighted by atomic mass is 9.97. The summed E-state index contributed by atoms with van der Waals surface area (Å²) in [6.45, 7) is 4.42. The summed E-state index contributed by atoms with van der Waals surface area (Å²) in [4.78, 5) is 6.66. The molecule has 0 aliphatic carbocycles. The van der Waals surface area contributed by atoms with Gasteiger partial charge in [-0.25, -0.2) is 4.98 Å². The molecule has 0 bridgehead atoms. The first kappa shape index (κ1) is 13.7. The largest absolute Gasteiger partial charge is 0.337 e. The van der Waals surface area contributed by atoms with Gasteiger partial charge in [0.15, 0.2) is 0 Å². The maximum atomic E-state index is 6.06. The Labute approximate surface area is 125 Å². The normalized spacial score (nSPS) is 20.1. The second-order valence-corrected chi connectivity index (χ2v) is 6.07. The molecule has 1 aliphatic rings. The molecule has 1 aliphatic heterocycles. The lowest BCUT2D eigenvalue weighted by Crippen LogP contribution is -2.36. The van der Waals surface area contributed by atoms with Crippen LogP contribution >= 0.6 is 11.6 Å². The number of halogens is 1. The first-order chi connectivity index (χ1) is 9.79. The molecule has 1 saturated heterocycles. The Morgan fingerprint density at radius 3 is 3.10 bits per heavy atom. The number of aromatic nitrogens is 2. The molecule has 0 amide bonds. The smallest absolute Gasteiger partial charge is 0.0946 e. The molecule has 1 fully saturated rings. The van der Waals surface area contributed by atoms with Crippen LogP contribution in [0.25, 0.3) is 0 Å². The summed E-state index contributed by atoms with van der Waals surface area (Å²) in [5.41, 5.74) is 1.31. The molecule has 0 N–H and O–H groups in total. The third-order valence-corrected chi connectivity index (χ3v) is 4.16. The highest BCUT2D eigenvalue weighted by Crippen LogP contribution is 2.21. The Kier molecular flexibility index (Phi) is 4.38. The molecule has 2 aromatic rings. The Morgan fingerprint density at radius 1 is 1.35 bits per heavy atom. The van der Waals surface area contributed by atoms with E-state index in [2.05, 4.69) is 32.8 Å². The number of hydrogen-bond donors (Lipinski definition) is 0. The fourth-order valence-electron chi connectivity index (χ4n) is 3.03. The van der Waals surface area contributed by atoms with Crippen molar-refractivity contribution < 1.29 is 0 Å². The summed E-state index contributed by atoms with van der Waals surface area (Å²) in [5.74, 6) is 0.720. The highest BCUT2D eigenvalue weighted by Gasteiger charge is 2.20. The van der Waals surface area contributed by atoms with Gasteiger partial charge in [-0.15, -0.1) is 0 Å². The fraction of sp³-hybridized carbons (Fsp3) is 0.438. The van der Waals surface area contributed by atoms with E-state index in [9.17, 15) is 0 Å². The zero-order valence-electron chi connectivity index (χ0n) is 11.6. The average Bonchev–Trinajstić information content (AvgIpc) is 2.92. The van der Waals surface area contributed by atoms with E-state index < -0.39 is 0 Å². The minimum absolute atomic E-state index is 0.720. The number of rotatable bonds is 4. The fourth-order valence-corrected chi connectivity index (χ4v) is 3.24. The van der Waals surface area contributed by atoms with Crippen molar-refractivity contribution in [2.24, 2.45) is 5.92 Å². The summed E-state index contributed by atoms with van der Waals surface area (Å²) in [7, 11) is 0. The van der Waals surface area contributed by atoms with Crippen molar-refractivity contribution in [3.8, 4) is 0 Å². The Hall–Kier alpha value is -1.32. The molecule has 0 radical (unpaired) electrons. The molecular weight excluding hydrogens is 270 g/mol. The number of piperidine rings is 1. The van der Waals surface area contributed by atoms with Gasteiger partial charge in [0.05, 0.1) is 6.33 Å². The summed E-state index contributed by atoms with van der Waals surface area (Å²) in [5, 5.41) is 0.828. The van der Waals surface area contributed by atoms with E-state index in [1.54, 1.807) is 0 Å². The zero-order valence-corrected chi connectivity index (χ0v) is 12.3. The van der Waals surface area contributed by atoms with Crippen LogP contribution in [0.4, 0.5) is 0 Å². The third-order valence-electron chi connectivity index (χ3n) is 3.93. The van der Waals surface area contributed by atoms with Crippen LogP contribution in [-0.4, -0.2) is 27.5 Å². The molecule has 3 rings (SSSR count). The van der Waals surface area contributed by atoms with Crippen LogP contribution in [0.15, 0.2) is 43.0 Å². The number of hydrogen-bond acceptors (Lipinski definition) is 2. The van der Waals surface area contributed by atoms with E-state index in [4.69, 9.17) is 11.6 Å². The molecule has 0 unspecified atom stereocenters. The minimum atomic E-state index is 0.720. The van der Waals surface area contributed by atoms with Gasteiger partial charge in [0.25, 0.3) is 0 Å². The van der Waals surface area contributed by atoms with Crippen LogP contribution in [-0.2, 0) is 13.1 Å². The molecule has 20 heavy (non-hydrogen) atoms. The van der Waals surface area contributed by atoms with Crippen LogP contribution in [0.3, 0.4) is 0 Å². The molecule has 0 spiro atoms. The topological polar surface area (TPSA) is 21.1 Å². The lowest BCUT2D eigenvalue weighted by molar-refractivity contribution is 0.156. The van der Waals surface area contributed by atoms with E-state index in [0.29, 0.717) is 0 Å². The number of likely N-dealkylation sites (tertiary alicyclic amines) is 1. The second kappa shape index (κ2) is 6.42. The molecular formula is C16H20ClN3. The van der Waals surface area contributed by atoms with Crippen LogP contribution in [0.5, 0.6) is 0 Å². The minimum Gasteiger partial charge on any atom is -0.337 e. The van der Waals surface area contributed by atoms with Crippen LogP contribution in [0.1, 0.15) is 18.4 Å². The second-order valence-electron chi connectivity index (χ2n) is 5.63. The summed E-state index contributed by atoms with van der Waals surface area (Å²) in [6, 6.07) is 8.19. The van der Waals surface area contributed by atoms with Gasteiger partial charge in [0.1, 0.15) is 0 Å². The van der Waals surface area contributed by atoms with Crippen molar-refractivity contribution in [2.75, 3.05) is 13.1 Å². The number of benzene rings is 1. The predicted molar refractivity (Wildman–Crippen MR) is 81.7 cm³/mol. The Morgan fingerprint density at radius 2 is 2.30 bits per heavy atom. The van der Waals surface area contributed by atoms with Gasteiger partial charge < -0.3 is 4.57 Å². The Bertz CT molecular complexity index is 538. The first-order valence-corrected chi connectivity index (χ1v) is 7.60. The van der Waals surface area contributed by atoms with Crippen molar-refractivity contribution in [1.29, 1.82) is 0 Å². The molecule has 106 valence electrons. The van der Waals surface area contributed by atoms with Gasteiger partial charge in [0.2, 0.25) is 0 Å². The number of nitrogens with zero attached hydrogens (tertiary/aromatic N) is 3. The van der Waals surface area contributed by atoms with Crippen molar-refractivity contribution in [3.63, 3.8) is 0 Å². The monoisotopic (exact) mass is 289 g/mol. The molecule has 3 nitrogen and oxygen atoms in total. The van der Waals surface area contributed by atoms with E-state index in [-0.39, 0.29) is 0 Å². The van der Waals surface area contributed by atoms with Crippen molar-refractivity contribution >= 4 is 11.6 Å². The van der Waals surface area contributed by atoms with E-state index in [1.165, 1.54) is 24.9 Å². The molecule has 0 saturated carbocycles. The van der Waals surface area contributed by atoms with Gasteiger partial charge in [-0.1, -0.05) is 23.7 Å². The summed E-state index contributed by atoms with van der Waals surface area (Å²) < 4.78 is 2.19. The van der Waals surface area contributed by atoms with E-state index in [0.717, 1.165) is 30.6 Å². The van der Waals surface area contributed by atoms with E-state index >= 15 is 0 Å². The van der Waals surface area contributed by atoms with Gasteiger partial charge in [-0.2, -0.15) is 0 Å². The zero-order chi connectivity index (χ0) is 13.8. The van der Waals surface area contributed by atoms with Gasteiger partial charge >= 0.3 is 0 Å². The SMILES string of the molecule is Clc1cccc(CN2CCC[C@@H](Cn3ccnc3)C2)c1. The average molecular weight is 290 g/mol. The third kappa shape index (κ3) is 3.62. The van der Waals surface area contributed by atoms with Crippen molar-refractivity contribution in [3.05, 3.63) is 53.6 Å². The van der Waals surface area contributed by atoms with Crippen LogP contribution in [0.2, 0.25) is 5.02 Å². The molecule has 4 heteroatoms. The molecule has 1 aromatic heterocycles. The van der Waals surface area contributed by atoms with Gasteiger partial charge in [0, 0.05) is 37.1 Å². The van der Waals surface area contributed by atoms with Crippen LogP contribution < -0.4 is 0 Å². The molecule has 2 heterocycles. The van der Waals surface area contributed by atoms with E-state index in [1.807, 2.05) is 24.7 Å². The van der Waals surface area contributed by atoms with Gasteiger partial charge in [-0.3, -0.25) is 4.90 Å². The van der Waals surface area contributed by atoms with Crippen molar-refractivity contribution in [2.45, 2.75) is 25.9 Å². The highest BCUT2D eigenvalue weighted by molar-refractivity contribution is 6.30. The quantitative estimate of drug-likeness (QED) is 0.860. The first-order valence-electron chi connectivity index (χ1n) is 7.22. The van der Waals surface area contributed by atoms with Crippen LogP contribution in [0, 0.1) is 5.92 Å². The Balaban J connectivity index is 1.57. The summed E-state index contributed by atoms with van der Waals surface area (Å²) in [6.07, 6.45) is 8.41. The summed E-state index contributed by atoms with van der Waals surface area (Å²) >= 11 is 6.06. The van der Waals surface area contributed by atoms with Crippen molar-refractivity contribution in [1.82, 2.24) is 14.5 Å². The lowest BCUT2D eigenvalue weighted by Gasteiger charge is -2.33.